The number of aromatic nitrogens is 2. The van der Waals surface area contributed by atoms with Crippen LogP contribution in [-0.2, 0) is 16.1 Å². The Balaban J connectivity index is 1.77. The predicted octanol–water partition coefficient (Wildman–Crippen LogP) is 0.997. The van der Waals surface area contributed by atoms with Crippen molar-refractivity contribution in [3.63, 3.8) is 0 Å². The van der Waals surface area contributed by atoms with Gasteiger partial charge in [0.05, 0.1) is 18.7 Å². The van der Waals surface area contributed by atoms with E-state index in [-0.39, 0.29) is 23.4 Å². The number of likely N-dealkylation sites (tertiary alicyclic amines) is 1. The Kier molecular flexibility index (Phi) is 3.77. The summed E-state index contributed by atoms with van der Waals surface area (Å²) in [6.45, 7) is 4.10. The van der Waals surface area contributed by atoms with Gasteiger partial charge >= 0.3 is 5.97 Å². The van der Waals surface area contributed by atoms with E-state index in [2.05, 4.69) is 9.88 Å². The normalized spacial score (nSPS) is 22.8. The molecule has 6 nitrogen and oxygen atoms in total. The summed E-state index contributed by atoms with van der Waals surface area (Å²) in [6, 6.07) is 1.57. The van der Waals surface area contributed by atoms with Gasteiger partial charge in [-0.3, -0.25) is 18.9 Å². The lowest BCUT2D eigenvalue weighted by molar-refractivity contribution is -0.146. The lowest BCUT2D eigenvalue weighted by Crippen LogP contribution is -2.25. The summed E-state index contributed by atoms with van der Waals surface area (Å²) in [6.07, 6.45) is 1.73. The third-order valence-corrected chi connectivity index (χ3v) is 4.69. The lowest BCUT2D eigenvalue weighted by atomic mass is 9.99. The number of carbonyl (C=O) groups is 1. The van der Waals surface area contributed by atoms with Gasteiger partial charge in [-0.1, -0.05) is 6.92 Å². The van der Waals surface area contributed by atoms with Crippen LogP contribution in [0.4, 0.5) is 0 Å². The van der Waals surface area contributed by atoms with Crippen LogP contribution in [0.1, 0.15) is 12.6 Å². The Morgan fingerprint density at radius 2 is 2.33 bits per heavy atom. The quantitative estimate of drug-likeness (QED) is 0.792. The van der Waals surface area contributed by atoms with Crippen LogP contribution in [0.5, 0.6) is 0 Å². The molecule has 112 valence electrons. The molecule has 7 heteroatoms. The van der Waals surface area contributed by atoms with Crippen LogP contribution in [0.2, 0.25) is 0 Å². The molecule has 1 saturated heterocycles. The maximum atomic E-state index is 12.0. The predicted molar refractivity (Wildman–Crippen MR) is 79.3 cm³/mol. The number of esters is 1. The molecule has 0 saturated carbocycles. The number of fused-ring (bicyclic) bond motifs is 1. The standard InChI is InChI=1S/C14H17N3O3S/c1-9-6-16(8-11(9)13(19)20-2)7-10-5-12(18)17-3-4-21-14(17)15-10/h3-5,9,11H,6-8H2,1-2H3. The van der Waals surface area contributed by atoms with E-state index in [1.807, 2.05) is 12.3 Å². The fourth-order valence-electron chi connectivity index (χ4n) is 2.85. The first-order chi connectivity index (χ1) is 10.1. The number of hydrogen-bond donors (Lipinski definition) is 0. The minimum atomic E-state index is -0.160. The van der Waals surface area contributed by atoms with Crippen molar-refractivity contribution in [3.8, 4) is 0 Å². The van der Waals surface area contributed by atoms with Crippen molar-refractivity contribution in [1.82, 2.24) is 14.3 Å². The summed E-state index contributed by atoms with van der Waals surface area (Å²) < 4.78 is 6.38. The highest BCUT2D eigenvalue weighted by atomic mass is 32.1. The molecule has 2 aromatic rings. The van der Waals surface area contributed by atoms with E-state index in [9.17, 15) is 9.59 Å². The van der Waals surface area contributed by atoms with Crippen LogP contribution >= 0.6 is 11.3 Å². The third-order valence-electron chi connectivity index (χ3n) is 3.93. The van der Waals surface area contributed by atoms with Crippen LogP contribution in [0.3, 0.4) is 0 Å². The highest BCUT2D eigenvalue weighted by molar-refractivity contribution is 7.15. The molecule has 0 aromatic carbocycles. The molecule has 0 spiro atoms. The molecule has 0 amide bonds. The van der Waals surface area contributed by atoms with E-state index in [0.717, 1.165) is 12.2 Å². The number of hydrogen-bond acceptors (Lipinski definition) is 6. The van der Waals surface area contributed by atoms with Gasteiger partial charge in [-0.2, -0.15) is 0 Å². The number of ether oxygens (including phenoxy) is 1. The van der Waals surface area contributed by atoms with E-state index in [4.69, 9.17) is 4.74 Å². The molecule has 3 rings (SSSR count). The Bertz CT molecular complexity index is 724. The van der Waals surface area contributed by atoms with E-state index in [1.165, 1.54) is 22.8 Å². The molecule has 0 bridgehead atoms. The summed E-state index contributed by atoms with van der Waals surface area (Å²) in [5.74, 6) is -0.00248. The highest BCUT2D eigenvalue weighted by Crippen LogP contribution is 2.25. The summed E-state index contributed by atoms with van der Waals surface area (Å²) in [4.78, 5) is 31.0. The summed E-state index contributed by atoms with van der Waals surface area (Å²) in [7, 11) is 1.42. The van der Waals surface area contributed by atoms with Gasteiger partial charge in [0.15, 0.2) is 4.96 Å². The van der Waals surface area contributed by atoms with Gasteiger partial charge in [0.25, 0.3) is 5.56 Å². The average molecular weight is 307 g/mol. The molecule has 1 aliphatic rings. The molecular weight excluding hydrogens is 290 g/mol. The fourth-order valence-corrected chi connectivity index (χ4v) is 3.59. The first-order valence-corrected chi connectivity index (χ1v) is 7.72. The number of nitrogens with zero attached hydrogens (tertiary/aromatic N) is 3. The van der Waals surface area contributed by atoms with Crippen molar-refractivity contribution in [3.05, 3.63) is 33.7 Å². The number of methoxy groups -OCH3 is 1. The Labute approximate surface area is 126 Å². The van der Waals surface area contributed by atoms with Gasteiger partial charge in [0, 0.05) is 37.3 Å². The zero-order valence-electron chi connectivity index (χ0n) is 12.0. The van der Waals surface area contributed by atoms with Crippen LogP contribution < -0.4 is 5.56 Å². The molecule has 0 N–H and O–H groups in total. The molecule has 2 atom stereocenters. The fraction of sp³-hybridized carbons (Fsp3) is 0.500. The second-order valence-electron chi connectivity index (χ2n) is 5.44. The van der Waals surface area contributed by atoms with Crippen molar-refractivity contribution in [2.45, 2.75) is 13.5 Å². The van der Waals surface area contributed by atoms with Crippen molar-refractivity contribution in [2.75, 3.05) is 20.2 Å². The maximum absolute atomic E-state index is 12.0. The first-order valence-electron chi connectivity index (χ1n) is 6.84. The van der Waals surface area contributed by atoms with Gasteiger partial charge in [-0.25, -0.2) is 4.98 Å². The minimum Gasteiger partial charge on any atom is -0.469 e. The van der Waals surface area contributed by atoms with Crippen molar-refractivity contribution >= 4 is 22.3 Å². The van der Waals surface area contributed by atoms with E-state index in [0.29, 0.717) is 18.1 Å². The molecule has 1 fully saturated rings. The smallest absolute Gasteiger partial charge is 0.310 e. The van der Waals surface area contributed by atoms with Gasteiger partial charge in [-0.15, -0.1) is 11.3 Å². The summed E-state index contributed by atoms with van der Waals surface area (Å²) in [5, 5.41) is 1.85. The van der Waals surface area contributed by atoms with Crippen molar-refractivity contribution < 1.29 is 9.53 Å². The Hall–Kier alpha value is -1.73. The number of carbonyl (C=O) groups excluding carboxylic acids is 1. The number of thiazole rings is 1. The van der Waals surface area contributed by atoms with E-state index in [1.54, 1.807) is 12.3 Å². The Morgan fingerprint density at radius 3 is 3.10 bits per heavy atom. The summed E-state index contributed by atoms with van der Waals surface area (Å²) in [5.41, 5.74) is 0.688. The number of rotatable bonds is 3. The molecular formula is C14H17N3O3S. The van der Waals surface area contributed by atoms with Crippen molar-refractivity contribution in [1.29, 1.82) is 0 Å². The summed E-state index contributed by atoms with van der Waals surface area (Å²) >= 11 is 1.44. The van der Waals surface area contributed by atoms with Crippen molar-refractivity contribution in [2.24, 2.45) is 11.8 Å². The third kappa shape index (κ3) is 2.71. The first kappa shape index (κ1) is 14.2. The van der Waals surface area contributed by atoms with E-state index >= 15 is 0 Å². The molecule has 3 heterocycles. The maximum Gasteiger partial charge on any atom is 0.310 e. The van der Waals surface area contributed by atoms with Gasteiger partial charge < -0.3 is 4.74 Å². The molecule has 2 unspecified atom stereocenters. The van der Waals surface area contributed by atoms with Gasteiger partial charge in [-0.05, 0) is 5.92 Å². The highest BCUT2D eigenvalue weighted by Gasteiger charge is 2.35. The van der Waals surface area contributed by atoms with Crippen LogP contribution in [0.25, 0.3) is 4.96 Å². The molecule has 2 aromatic heterocycles. The molecule has 0 aliphatic carbocycles. The zero-order valence-corrected chi connectivity index (χ0v) is 12.8. The van der Waals surface area contributed by atoms with Crippen LogP contribution in [0, 0.1) is 11.8 Å². The van der Waals surface area contributed by atoms with Crippen LogP contribution in [-0.4, -0.2) is 40.5 Å². The van der Waals surface area contributed by atoms with Gasteiger partial charge in [0.1, 0.15) is 0 Å². The lowest BCUT2D eigenvalue weighted by Gasteiger charge is -2.14. The monoisotopic (exact) mass is 307 g/mol. The Morgan fingerprint density at radius 1 is 1.52 bits per heavy atom. The zero-order chi connectivity index (χ0) is 15.0. The second kappa shape index (κ2) is 5.57. The topological polar surface area (TPSA) is 63.9 Å². The second-order valence-corrected chi connectivity index (χ2v) is 6.32. The molecule has 21 heavy (non-hydrogen) atoms. The molecule has 1 aliphatic heterocycles. The average Bonchev–Trinajstić information content (AvgIpc) is 3.05. The van der Waals surface area contributed by atoms with E-state index < -0.39 is 0 Å². The SMILES string of the molecule is COC(=O)C1CN(Cc2cc(=O)n3ccsc3n2)CC1C. The van der Waals surface area contributed by atoms with Gasteiger partial charge in [0.2, 0.25) is 0 Å². The molecule has 0 radical (unpaired) electrons. The largest absolute Gasteiger partial charge is 0.469 e. The minimum absolute atomic E-state index is 0.0620. The van der Waals surface area contributed by atoms with Crippen LogP contribution in [0.15, 0.2) is 22.4 Å².